The first-order chi connectivity index (χ1) is 7.47. The molecule has 90 valence electrons. The molecule has 1 aromatic rings. The van der Waals surface area contributed by atoms with Gasteiger partial charge in [-0.1, -0.05) is 26.0 Å². The molecule has 0 spiro atoms. The quantitative estimate of drug-likeness (QED) is 0.826. The number of nitrogens with two attached hydrogens (primary N) is 1. The van der Waals surface area contributed by atoms with Crippen molar-refractivity contribution in [1.29, 1.82) is 0 Å². The van der Waals surface area contributed by atoms with Crippen molar-refractivity contribution in [3.05, 3.63) is 35.1 Å². The number of aliphatic hydroxyl groups is 1. The van der Waals surface area contributed by atoms with Gasteiger partial charge in [0.1, 0.15) is 5.82 Å². The van der Waals surface area contributed by atoms with Crippen molar-refractivity contribution >= 4 is 0 Å². The van der Waals surface area contributed by atoms with Crippen molar-refractivity contribution in [2.45, 2.75) is 26.9 Å². The van der Waals surface area contributed by atoms with Crippen LogP contribution in [0.15, 0.2) is 18.2 Å². The molecule has 0 aliphatic carbocycles. The van der Waals surface area contributed by atoms with Crippen LogP contribution in [0.4, 0.5) is 4.39 Å². The van der Waals surface area contributed by atoms with Gasteiger partial charge in [-0.2, -0.15) is 0 Å². The molecule has 1 aromatic carbocycles. The zero-order valence-corrected chi connectivity index (χ0v) is 10.1. The summed E-state index contributed by atoms with van der Waals surface area (Å²) in [5, 5.41) is 10.1. The van der Waals surface area contributed by atoms with E-state index in [4.69, 9.17) is 5.73 Å². The minimum Gasteiger partial charge on any atom is -0.388 e. The minimum absolute atomic E-state index is 0.114. The molecule has 0 heterocycles. The molecule has 0 saturated carbocycles. The van der Waals surface area contributed by atoms with Crippen molar-refractivity contribution in [3.8, 4) is 0 Å². The van der Waals surface area contributed by atoms with Crippen molar-refractivity contribution in [1.82, 2.24) is 0 Å². The second kappa shape index (κ2) is 5.41. The monoisotopic (exact) mass is 225 g/mol. The van der Waals surface area contributed by atoms with Gasteiger partial charge in [0, 0.05) is 11.5 Å². The fourth-order valence-electron chi connectivity index (χ4n) is 1.87. The second-order valence-corrected chi connectivity index (χ2v) is 4.61. The van der Waals surface area contributed by atoms with Gasteiger partial charge < -0.3 is 10.8 Å². The number of aryl methyl sites for hydroxylation is 1. The first-order valence-electron chi connectivity index (χ1n) is 5.61. The predicted molar refractivity (Wildman–Crippen MR) is 63.5 cm³/mol. The number of halogens is 1. The van der Waals surface area contributed by atoms with E-state index in [1.54, 1.807) is 12.1 Å². The first kappa shape index (κ1) is 13.1. The van der Waals surface area contributed by atoms with Crippen molar-refractivity contribution < 1.29 is 9.50 Å². The van der Waals surface area contributed by atoms with Gasteiger partial charge in [-0.3, -0.25) is 0 Å². The third-order valence-electron chi connectivity index (χ3n) is 3.01. The van der Waals surface area contributed by atoms with Gasteiger partial charge >= 0.3 is 0 Å². The molecule has 2 atom stereocenters. The number of aliphatic hydroxyl groups excluding tert-OH is 1. The normalized spacial score (nSPS) is 15.2. The Kier molecular flexibility index (Phi) is 4.44. The summed E-state index contributed by atoms with van der Waals surface area (Å²) >= 11 is 0. The maximum atomic E-state index is 13.7. The van der Waals surface area contributed by atoms with Crippen LogP contribution in [0.1, 0.15) is 31.1 Å². The van der Waals surface area contributed by atoms with Crippen molar-refractivity contribution in [2.24, 2.45) is 17.6 Å². The topological polar surface area (TPSA) is 46.2 Å². The average molecular weight is 225 g/mol. The molecule has 1 rings (SSSR count). The maximum Gasteiger partial charge on any atom is 0.129 e. The molecule has 2 unspecified atom stereocenters. The van der Waals surface area contributed by atoms with Gasteiger partial charge in [-0.15, -0.1) is 0 Å². The predicted octanol–water partition coefficient (Wildman–Crippen LogP) is 2.40. The van der Waals surface area contributed by atoms with E-state index >= 15 is 0 Å². The highest BCUT2D eigenvalue weighted by Crippen LogP contribution is 2.29. The van der Waals surface area contributed by atoms with Gasteiger partial charge in [-0.05, 0) is 31.0 Å². The molecule has 0 amide bonds. The maximum absolute atomic E-state index is 13.7. The highest BCUT2D eigenvalue weighted by atomic mass is 19.1. The second-order valence-electron chi connectivity index (χ2n) is 4.61. The molecule has 0 bridgehead atoms. The lowest BCUT2D eigenvalue weighted by Crippen LogP contribution is -2.27. The number of rotatable bonds is 4. The largest absolute Gasteiger partial charge is 0.388 e. The van der Waals surface area contributed by atoms with Crippen LogP contribution < -0.4 is 5.73 Å². The van der Waals surface area contributed by atoms with E-state index in [0.29, 0.717) is 12.1 Å². The van der Waals surface area contributed by atoms with Crippen LogP contribution in [0.2, 0.25) is 0 Å². The van der Waals surface area contributed by atoms with E-state index in [9.17, 15) is 9.50 Å². The average Bonchev–Trinajstić information content (AvgIpc) is 2.17. The highest BCUT2D eigenvalue weighted by molar-refractivity contribution is 5.25. The molecule has 0 saturated heterocycles. The Bertz CT molecular complexity index is 352. The third-order valence-corrected chi connectivity index (χ3v) is 3.01. The lowest BCUT2D eigenvalue weighted by atomic mass is 9.86. The van der Waals surface area contributed by atoms with E-state index in [-0.39, 0.29) is 17.7 Å². The Hall–Kier alpha value is -0.930. The molecule has 3 N–H and O–H groups in total. The van der Waals surface area contributed by atoms with E-state index in [2.05, 4.69) is 0 Å². The van der Waals surface area contributed by atoms with Crippen molar-refractivity contribution in [3.63, 3.8) is 0 Å². The zero-order chi connectivity index (χ0) is 12.3. The van der Waals surface area contributed by atoms with E-state index in [1.807, 2.05) is 20.8 Å². The van der Waals surface area contributed by atoms with E-state index in [1.165, 1.54) is 6.07 Å². The van der Waals surface area contributed by atoms with Gasteiger partial charge in [0.05, 0.1) is 6.10 Å². The summed E-state index contributed by atoms with van der Waals surface area (Å²) in [5.74, 6) is -0.246. The summed E-state index contributed by atoms with van der Waals surface area (Å²) in [6.45, 7) is 6.13. The van der Waals surface area contributed by atoms with Gasteiger partial charge in [0.15, 0.2) is 0 Å². The van der Waals surface area contributed by atoms with Crippen LogP contribution >= 0.6 is 0 Å². The van der Waals surface area contributed by atoms with Crippen LogP contribution in [0.25, 0.3) is 0 Å². The lowest BCUT2D eigenvalue weighted by Gasteiger charge is -2.25. The number of hydrogen-bond acceptors (Lipinski definition) is 2. The highest BCUT2D eigenvalue weighted by Gasteiger charge is 2.24. The Morgan fingerprint density at radius 1 is 1.38 bits per heavy atom. The summed E-state index contributed by atoms with van der Waals surface area (Å²) in [7, 11) is 0. The molecule has 2 nitrogen and oxygen atoms in total. The van der Waals surface area contributed by atoms with E-state index < -0.39 is 6.10 Å². The third kappa shape index (κ3) is 2.80. The fourth-order valence-corrected chi connectivity index (χ4v) is 1.87. The van der Waals surface area contributed by atoms with Crippen molar-refractivity contribution in [2.75, 3.05) is 6.54 Å². The SMILES string of the molecule is Cc1ccc(C(O)C(CN)C(C)C)c(F)c1. The van der Waals surface area contributed by atoms with Crippen LogP contribution in [-0.2, 0) is 0 Å². The molecule has 16 heavy (non-hydrogen) atoms. The van der Waals surface area contributed by atoms with Crippen LogP contribution in [0, 0.1) is 24.6 Å². The Morgan fingerprint density at radius 2 is 2.00 bits per heavy atom. The van der Waals surface area contributed by atoms with Gasteiger partial charge in [0.25, 0.3) is 0 Å². The van der Waals surface area contributed by atoms with Crippen LogP contribution in [0.3, 0.4) is 0 Å². The first-order valence-corrected chi connectivity index (χ1v) is 5.61. The fraction of sp³-hybridized carbons (Fsp3) is 0.538. The van der Waals surface area contributed by atoms with Crippen LogP contribution in [-0.4, -0.2) is 11.7 Å². The number of hydrogen-bond donors (Lipinski definition) is 2. The standard InChI is InChI=1S/C13H20FNO/c1-8(2)11(7-15)13(16)10-5-4-9(3)6-12(10)14/h4-6,8,11,13,16H,7,15H2,1-3H3. The summed E-state index contributed by atoms with van der Waals surface area (Å²) in [4.78, 5) is 0. The molecule has 0 aliphatic heterocycles. The summed E-state index contributed by atoms with van der Waals surface area (Å²) in [6, 6.07) is 4.88. The number of benzene rings is 1. The molecule has 0 fully saturated rings. The Morgan fingerprint density at radius 3 is 2.44 bits per heavy atom. The van der Waals surface area contributed by atoms with Gasteiger partial charge in [0.2, 0.25) is 0 Å². The summed E-state index contributed by atoms with van der Waals surface area (Å²) in [6.07, 6.45) is -0.828. The smallest absolute Gasteiger partial charge is 0.129 e. The van der Waals surface area contributed by atoms with Gasteiger partial charge in [-0.25, -0.2) is 4.39 Å². The van der Waals surface area contributed by atoms with Crippen LogP contribution in [0.5, 0.6) is 0 Å². The summed E-state index contributed by atoms with van der Waals surface area (Å²) in [5.41, 5.74) is 6.80. The summed E-state index contributed by atoms with van der Waals surface area (Å²) < 4.78 is 13.7. The molecule has 3 heteroatoms. The molecule has 0 aromatic heterocycles. The van der Waals surface area contributed by atoms with E-state index in [0.717, 1.165) is 5.56 Å². The molecular weight excluding hydrogens is 205 g/mol. The minimum atomic E-state index is -0.828. The molecule has 0 aliphatic rings. The molecular formula is C13H20FNO. The lowest BCUT2D eigenvalue weighted by molar-refractivity contribution is 0.0828. The Balaban J connectivity index is 2.99. The Labute approximate surface area is 96.3 Å². The zero-order valence-electron chi connectivity index (χ0n) is 10.1. The molecule has 0 radical (unpaired) electrons.